The van der Waals surface area contributed by atoms with Gasteiger partial charge in [-0.15, -0.1) is 0 Å². The molecular weight excluding hydrogens is 480 g/mol. The predicted molar refractivity (Wildman–Crippen MR) is 136 cm³/mol. The molecule has 0 bridgehead atoms. The highest BCUT2D eigenvalue weighted by Crippen LogP contribution is 2.31. The van der Waals surface area contributed by atoms with Gasteiger partial charge in [0.1, 0.15) is 11.5 Å². The molecule has 0 fully saturated rings. The predicted octanol–water partition coefficient (Wildman–Crippen LogP) is 3.86. The molecule has 1 N–H and O–H groups in total. The maximum atomic E-state index is 12.7. The first-order valence-corrected chi connectivity index (χ1v) is 11.3. The zero-order chi connectivity index (χ0) is 26.6. The average Bonchev–Trinajstić information content (AvgIpc) is 2.93. The molecule has 0 aliphatic heterocycles. The fourth-order valence-electron chi connectivity index (χ4n) is 3.11. The second-order valence-electron chi connectivity index (χ2n) is 7.36. The van der Waals surface area contributed by atoms with Gasteiger partial charge in [0.15, 0.2) is 29.6 Å². The summed E-state index contributed by atoms with van der Waals surface area (Å²) in [6.07, 6.45) is 1.44. The van der Waals surface area contributed by atoms with Crippen LogP contribution < -0.4 is 33.8 Å². The lowest BCUT2D eigenvalue weighted by atomic mass is 10.2. The van der Waals surface area contributed by atoms with Gasteiger partial charge in [0.2, 0.25) is 0 Å². The molecule has 0 aromatic heterocycles. The maximum Gasteiger partial charge on any atom is 0.343 e. The van der Waals surface area contributed by atoms with Crippen molar-refractivity contribution >= 4 is 18.1 Å². The second kappa shape index (κ2) is 13.4. The lowest BCUT2D eigenvalue weighted by Crippen LogP contribution is -2.24. The largest absolute Gasteiger partial charge is 0.497 e. The number of nitrogens with one attached hydrogen (secondary N) is 1. The number of hydrogen-bond acceptors (Lipinski definition) is 9. The molecule has 10 nitrogen and oxygen atoms in total. The molecule has 3 rings (SSSR count). The summed E-state index contributed by atoms with van der Waals surface area (Å²) in [5.41, 5.74) is 3.30. The van der Waals surface area contributed by atoms with Crippen molar-refractivity contribution in [1.29, 1.82) is 0 Å². The van der Waals surface area contributed by atoms with Crippen LogP contribution >= 0.6 is 0 Å². The SMILES string of the molecule is CCOc1cc(C=NNC(=O)COc2ccc(OC)cc2)ccc1OC(=O)c1ccc(OC)c(OC)c1. The summed E-state index contributed by atoms with van der Waals surface area (Å²) >= 11 is 0. The smallest absolute Gasteiger partial charge is 0.343 e. The Morgan fingerprint density at radius 2 is 1.49 bits per heavy atom. The van der Waals surface area contributed by atoms with Crippen LogP contribution in [0.1, 0.15) is 22.8 Å². The number of nitrogens with zero attached hydrogens (tertiary/aromatic N) is 1. The van der Waals surface area contributed by atoms with Crippen LogP contribution in [0.25, 0.3) is 0 Å². The molecule has 0 spiro atoms. The summed E-state index contributed by atoms with van der Waals surface area (Å²) in [5.74, 6) is 1.67. The molecule has 0 unspecified atom stereocenters. The Balaban J connectivity index is 1.61. The number of carbonyl (C=O) groups is 2. The molecule has 3 aromatic rings. The van der Waals surface area contributed by atoms with Crippen LogP contribution in [0, 0.1) is 0 Å². The Kier molecular flexibility index (Phi) is 9.72. The highest BCUT2D eigenvalue weighted by Gasteiger charge is 2.16. The van der Waals surface area contributed by atoms with Crippen molar-refractivity contribution in [2.24, 2.45) is 5.10 Å². The van der Waals surface area contributed by atoms with Gasteiger partial charge >= 0.3 is 5.97 Å². The average molecular weight is 509 g/mol. The van der Waals surface area contributed by atoms with Crippen molar-refractivity contribution in [3.8, 4) is 34.5 Å². The zero-order valence-electron chi connectivity index (χ0n) is 21.0. The van der Waals surface area contributed by atoms with Gasteiger partial charge in [-0.05, 0) is 73.2 Å². The van der Waals surface area contributed by atoms with Gasteiger partial charge in [0.05, 0.1) is 39.7 Å². The number of rotatable bonds is 12. The van der Waals surface area contributed by atoms with E-state index in [4.69, 9.17) is 28.4 Å². The van der Waals surface area contributed by atoms with Gasteiger partial charge in [0, 0.05) is 0 Å². The van der Waals surface area contributed by atoms with Crippen LogP contribution in [0.4, 0.5) is 0 Å². The van der Waals surface area contributed by atoms with E-state index < -0.39 is 11.9 Å². The first-order valence-electron chi connectivity index (χ1n) is 11.3. The summed E-state index contributed by atoms with van der Waals surface area (Å²) in [5, 5.41) is 3.94. The molecule has 0 heterocycles. The van der Waals surface area contributed by atoms with Crippen LogP contribution in [-0.2, 0) is 4.79 Å². The maximum absolute atomic E-state index is 12.7. The summed E-state index contributed by atoms with van der Waals surface area (Å²) in [7, 11) is 4.56. The lowest BCUT2D eigenvalue weighted by molar-refractivity contribution is -0.123. The number of benzene rings is 3. The van der Waals surface area contributed by atoms with E-state index in [0.29, 0.717) is 40.9 Å². The minimum Gasteiger partial charge on any atom is -0.497 e. The van der Waals surface area contributed by atoms with Crippen LogP contribution in [0.5, 0.6) is 34.5 Å². The van der Waals surface area contributed by atoms with Crippen molar-refractivity contribution in [2.45, 2.75) is 6.92 Å². The van der Waals surface area contributed by atoms with Gasteiger partial charge in [-0.2, -0.15) is 5.10 Å². The number of carbonyl (C=O) groups excluding carboxylic acids is 2. The van der Waals surface area contributed by atoms with Gasteiger partial charge in [0.25, 0.3) is 5.91 Å². The van der Waals surface area contributed by atoms with Gasteiger partial charge in [-0.25, -0.2) is 10.2 Å². The van der Waals surface area contributed by atoms with E-state index in [-0.39, 0.29) is 17.9 Å². The monoisotopic (exact) mass is 508 g/mol. The molecule has 1 amide bonds. The Morgan fingerprint density at radius 1 is 0.784 bits per heavy atom. The third-order valence-electron chi connectivity index (χ3n) is 4.92. The number of hydrogen-bond donors (Lipinski definition) is 1. The first-order chi connectivity index (χ1) is 18.0. The van der Waals surface area contributed by atoms with Gasteiger partial charge < -0.3 is 28.4 Å². The number of esters is 1. The molecule has 0 atom stereocenters. The van der Waals surface area contributed by atoms with Crippen molar-refractivity contribution in [3.05, 3.63) is 71.8 Å². The Labute approximate surface area is 214 Å². The number of amides is 1. The Hall–Kier alpha value is -4.73. The van der Waals surface area contributed by atoms with Gasteiger partial charge in [-0.1, -0.05) is 0 Å². The molecule has 0 aliphatic carbocycles. The second-order valence-corrected chi connectivity index (χ2v) is 7.36. The van der Waals surface area contributed by atoms with Crippen molar-refractivity contribution in [1.82, 2.24) is 5.43 Å². The summed E-state index contributed by atoms with van der Waals surface area (Å²) < 4.78 is 32.1. The van der Waals surface area contributed by atoms with E-state index >= 15 is 0 Å². The number of ether oxygens (including phenoxy) is 6. The molecule has 194 valence electrons. The third-order valence-corrected chi connectivity index (χ3v) is 4.92. The van der Waals surface area contributed by atoms with Crippen LogP contribution in [-0.4, -0.2) is 52.6 Å². The normalized spacial score (nSPS) is 10.5. The van der Waals surface area contributed by atoms with Crippen LogP contribution in [0.15, 0.2) is 65.8 Å². The Morgan fingerprint density at radius 3 is 2.16 bits per heavy atom. The molecule has 10 heteroatoms. The molecule has 3 aromatic carbocycles. The van der Waals surface area contributed by atoms with Gasteiger partial charge in [-0.3, -0.25) is 4.79 Å². The van der Waals surface area contributed by atoms with Crippen molar-refractivity contribution < 1.29 is 38.0 Å². The van der Waals surface area contributed by atoms with Crippen molar-refractivity contribution in [3.63, 3.8) is 0 Å². The standard InChI is InChI=1S/C27H28N2O8/c1-5-35-25-14-18(16-28-29-26(30)17-36-21-10-8-20(32-2)9-11-21)6-12-23(25)37-27(31)19-7-13-22(33-3)24(15-19)34-4/h6-16H,5,17H2,1-4H3,(H,29,30). The summed E-state index contributed by atoms with van der Waals surface area (Å²) in [6, 6.07) is 16.5. The Bertz CT molecular complexity index is 1240. The van der Waals surface area contributed by atoms with E-state index in [1.54, 1.807) is 61.7 Å². The lowest BCUT2D eigenvalue weighted by Gasteiger charge is -2.12. The third kappa shape index (κ3) is 7.63. The van der Waals surface area contributed by atoms with E-state index in [1.165, 1.54) is 26.5 Å². The quantitative estimate of drug-likeness (QED) is 0.170. The molecular formula is C27H28N2O8. The van der Waals surface area contributed by atoms with E-state index in [9.17, 15) is 9.59 Å². The highest BCUT2D eigenvalue weighted by atomic mass is 16.6. The van der Waals surface area contributed by atoms with E-state index in [0.717, 1.165) is 0 Å². The first kappa shape index (κ1) is 26.9. The minimum absolute atomic E-state index is 0.209. The molecule has 0 radical (unpaired) electrons. The van der Waals surface area contributed by atoms with Crippen LogP contribution in [0.2, 0.25) is 0 Å². The van der Waals surface area contributed by atoms with Crippen molar-refractivity contribution in [2.75, 3.05) is 34.5 Å². The molecule has 0 saturated heterocycles. The van der Waals surface area contributed by atoms with Crippen LogP contribution in [0.3, 0.4) is 0 Å². The minimum atomic E-state index is -0.590. The summed E-state index contributed by atoms with van der Waals surface area (Å²) in [4.78, 5) is 24.7. The highest BCUT2D eigenvalue weighted by molar-refractivity contribution is 5.92. The fraction of sp³-hybridized carbons (Fsp3) is 0.222. The number of hydrazone groups is 1. The number of methoxy groups -OCH3 is 3. The molecule has 0 aliphatic rings. The topological polar surface area (TPSA) is 114 Å². The van der Waals surface area contributed by atoms with E-state index in [1.807, 2.05) is 6.92 Å². The molecule has 0 saturated carbocycles. The summed E-state index contributed by atoms with van der Waals surface area (Å²) in [6.45, 7) is 1.95. The fourth-order valence-corrected chi connectivity index (χ4v) is 3.11. The van der Waals surface area contributed by atoms with E-state index in [2.05, 4.69) is 10.5 Å². The molecule has 37 heavy (non-hydrogen) atoms. The zero-order valence-corrected chi connectivity index (χ0v) is 21.0.